The van der Waals surface area contributed by atoms with Crippen LogP contribution < -0.4 is 5.32 Å². The Balaban J connectivity index is 1.88. The van der Waals surface area contributed by atoms with Crippen molar-refractivity contribution in [1.82, 2.24) is 14.5 Å². The monoisotopic (exact) mass is 371 g/mol. The van der Waals surface area contributed by atoms with Crippen LogP contribution in [0.15, 0.2) is 21.7 Å². The highest BCUT2D eigenvalue weighted by atomic mass is 32.2. The van der Waals surface area contributed by atoms with E-state index in [1.54, 1.807) is 31.4 Å². The molecule has 2 amide bonds. The van der Waals surface area contributed by atoms with Gasteiger partial charge in [0.15, 0.2) is 0 Å². The smallest absolute Gasteiger partial charge is 0.253 e. The number of sulfonamides is 1. The van der Waals surface area contributed by atoms with Crippen molar-refractivity contribution in [2.24, 2.45) is 0 Å². The lowest BCUT2D eigenvalue weighted by atomic mass is 9.97. The molecule has 1 atom stereocenters. The van der Waals surface area contributed by atoms with E-state index < -0.39 is 21.6 Å². The summed E-state index contributed by atoms with van der Waals surface area (Å²) >= 11 is 1.15. The molecule has 2 saturated heterocycles. The summed E-state index contributed by atoms with van der Waals surface area (Å²) in [5.41, 5.74) is -0.976. The summed E-state index contributed by atoms with van der Waals surface area (Å²) in [6, 6.07) is 2.50. The molecule has 0 saturated carbocycles. The molecule has 1 N–H and O–H groups in total. The first-order valence-corrected chi connectivity index (χ1v) is 10.2. The Hall–Kier alpha value is -1.45. The molecule has 1 aromatic heterocycles. The van der Waals surface area contributed by atoms with E-state index in [9.17, 15) is 18.0 Å². The van der Waals surface area contributed by atoms with Crippen LogP contribution in [0.3, 0.4) is 0 Å². The van der Waals surface area contributed by atoms with Crippen LogP contribution in [0.5, 0.6) is 0 Å². The average Bonchev–Trinajstić information content (AvgIpc) is 3.21. The highest BCUT2D eigenvalue weighted by Gasteiger charge is 2.47. The normalized spacial score (nSPS) is 24.8. The van der Waals surface area contributed by atoms with Gasteiger partial charge in [-0.05, 0) is 38.1 Å². The first kappa shape index (κ1) is 17.4. The minimum absolute atomic E-state index is 0.215. The number of thiophene rings is 1. The van der Waals surface area contributed by atoms with Crippen LogP contribution in [0, 0.1) is 0 Å². The molecule has 0 spiro atoms. The fraction of sp³-hybridized carbons (Fsp3) is 0.600. The maximum atomic E-state index is 13.0. The van der Waals surface area contributed by atoms with Crippen LogP contribution in [-0.2, 0) is 19.6 Å². The van der Waals surface area contributed by atoms with Crippen LogP contribution in [0.4, 0.5) is 0 Å². The van der Waals surface area contributed by atoms with E-state index in [1.165, 1.54) is 9.21 Å². The SMILES string of the molecule is CC1(C)C(=O)NCCN1C(=O)C1CCCN1S(=O)(=O)c1cccs1. The largest absolute Gasteiger partial charge is 0.352 e. The Labute approximate surface area is 145 Å². The van der Waals surface area contributed by atoms with Gasteiger partial charge in [-0.25, -0.2) is 8.42 Å². The topological polar surface area (TPSA) is 86.8 Å². The van der Waals surface area contributed by atoms with E-state index in [0.717, 1.165) is 11.3 Å². The van der Waals surface area contributed by atoms with Crippen molar-refractivity contribution >= 4 is 33.2 Å². The van der Waals surface area contributed by atoms with Crippen molar-refractivity contribution in [3.63, 3.8) is 0 Å². The molecule has 2 aliphatic rings. The van der Waals surface area contributed by atoms with E-state index >= 15 is 0 Å². The Morgan fingerprint density at radius 1 is 1.38 bits per heavy atom. The molecule has 2 aliphatic heterocycles. The second kappa shape index (κ2) is 6.12. The third kappa shape index (κ3) is 2.74. The Bertz CT molecular complexity index is 743. The number of carbonyl (C=O) groups excluding carboxylic acids is 2. The van der Waals surface area contributed by atoms with E-state index in [1.807, 2.05) is 0 Å². The minimum atomic E-state index is -3.68. The van der Waals surface area contributed by atoms with E-state index in [4.69, 9.17) is 0 Å². The first-order chi connectivity index (χ1) is 11.3. The molecule has 0 bridgehead atoms. The lowest BCUT2D eigenvalue weighted by Crippen LogP contribution is -2.65. The zero-order chi connectivity index (χ0) is 17.5. The molecule has 0 aliphatic carbocycles. The average molecular weight is 371 g/mol. The highest BCUT2D eigenvalue weighted by molar-refractivity contribution is 7.91. The number of nitrogens with zero attached hydrogens (tertiary/aromatic N) is 2. The summed E-state index contributed by atoms with van der Waals surface area (Å²) < 4.78 is 27.2. The number of nitrogens with one attached hydrogen (secondary N) is 1. The maximum absolute atomic E-state index is 13.0. The van der Waals surface area contributed by atoms with E-state index in [-0.39, 0.29) is 16.0 Å². The van der Waals surface area contributed by atoms with Crippen LogP contribution >= 0.6 is 11.3 Å². The zero-order valence-electron chi connectivity index (χ0n) is 13.7. The number of piperazine rings is 1. The van der Waals surface area contributed by atoms with Gasteiger partial charge in [-0.3, -0.25) is 9.59 Å². The molecule has 2 fully saturated rings. The van der Waals surface area contributed by atoms with Crippen molar-refractivity contribution in [2.75, 3.05) is 19.6 Å². The molecule has 0 aromatic carbocycles. The molecule has 24 heavy (non-hydrogen) atoms. The van der Waals surface area contributed by atoms with Gasteiger partial charge in [0.2, 0.25) is 11.8 Å². The summed E-state index contributed by atoms with van der Waals surface area (Å²) in [6.45, 7) is 4.48. The van der Waals surface area contributed by atoms with Crippen LogP contribution in [-0.4, -0.2) is 60.7 Å². The van der Waals surface area contributed by atoms with Crippen LogP contribution in [0.2, 0.25) is 0 Å². The molecule has 3 rings (SSSR count). The fourth-order valence-corrected chi connectivity index (χ4v) is 6.04. The lowest BCUT2D eigenvalue weighted by molar-refractivity contribution is -0.151. The lowest BCUT2D eigenvalue weighted by Gasteiger charge is -2.43. The van der Waals surface area contributed by atoms with Gasteiger partial charge in [-0.15, -0.1) is 11.3 Å². The van der Waals surface area contributed by atoms with E-state index in [2.05, 4.69) is 5.32 Å². The van der Waals surface area contributed by atoms with Crippen molar-refractivity contribution in [1.29, 1.82) is 0 Å². The number of amides is 2. The molecule has 9 heteroatoms. The summed E-state index contributed by atoms with van der Waals surface area (Å²) in [5.74, 6) is -0.500. The maximum Gasteiger partial charge on any atom is 0.253 e. The number of carbonyl (C=O) groups is 2. The molecule has 132 valence electrons. The molecule has 0 radical (unpaired) electrons. The first-order valence-electron chi connectivity index (χ1n) is 7.91. The minimum Gasteiger partial charge on any atom is -0.352 e. The highest BCUT2D eigenvalue weighted by Crippen LogP contribution is 2.31. The molecule has 1 unspecified atom stereocenters. The van der Waals surface area contributed by atoms with Crippen molar-refractivity contribution in [2.45, 2.75) is 42.5 Å². The summed E-state index contributed by atoms with van der Waals surface area (Å²) in [4.78, 5) is 26.6. The fourth-order valence-electron chi connectivity index (χ4n) is 3.27. The quantitative estimate of drug-likeness (QED) is 0.845. The van der Waals surface area contributed by atoms with Gasteiger partial charge in [0.25, 0.3) is 10.0 Å². The van der Waals surface area contributed by atoms with Gasteiger partial charge in [0.1, 0.15) is 15.8 Å². The van der Waals surface area contributed by atoms with Crippen molar-refractivity contribution < 1.29 is 18.0 Å². The number of hydrogen-bond acceptors (Lipinski definition) is 5. The third-order valence-electron chi connectivity index (χ3n) is 4.66. The van der Waals surface area contributed by atoms with Gasteiger partial charge in [-0.1, -0.05) is 6.07 Å². The van der Waals surface area contributed by atoms with Gasteiger partial charge in [0, 0.05) is 19.6 Å². The number of hydrogen-bond donors (Lipinski definition) is 1. The van der Waals surface area contributed by atoms with Gasteiger partial charge in [0.05, 0.1) is 0 Å². The zero-order valence-corrected chi connectivity index (χ0v) is 15.3. The molecular formula is C15H21N3O4S2. The Kier molecular flexibility index (Phi) is 4.43. The summed E-state index contributed by atoms with van der Waals surface area (Å²) in [7, 11) is -3.68. The van der Waals surface area contributed by atoms with Gasteiger partial charge < -0.3 is 10.2 Å². The third-order valence-corrected chi connectivity index (χ3v) is 7.95. The van der Waals surface area contributed by atoms with Gasteiger partial charge >= 0.3 is 0 Å². The molecular weight excluding hydrogens is 350 g/mol. The Morgan fingerprint density at radius 2 is 2.12 bits per heavy atom. The van der Waals surface area contributed by atoms with E-state index in [0.29, 0.717) is 32.5 Å². The summed E-state index contributed by atoms with van der Waals surface area (Å²) in [6.07, 6.45) is 1.12. The van der Waals surface area contributed by atoms with Gasteiger partial charge in [-0.2, -0.15) is 4.31 Å². The summed E-state index contributed by atoms with van der Waals surface area (Å²) in [5, 5.41) is 4.45. The molecule has 3 heterocycles. The molecule has 1 aromatic rings. The number of rotatable bonds is 3. The van der Waals surface area contributed by atoms with Crippen molar-refractivity contribution in [3.05, 3.63) is 17.5 Å². The second-order valence-corrected chi connectivity index (χ2v) is 9.58. The standard InChI is InChI=1S/C15H21N3O4S2/c1-15(2)14(20)16-7-9-17(15)13(19)11-5-3-8-18(11)24(21,22)12-6-4-10-23-12/h4,6,10-11H,3,5,7-9H2,1-2H3,(H,16,20). The predicted molar refractivity (Wildman–Crippen MR) is 90.0 cm³/mol. The van der Waals surface area contributed by atoms with Crippen LogP contribution in [0.1, 0.15) is 26.7 Å². The predicted octanol–water partition coefficient (Wildman–Crippen LogP) is 0.638. The second-order valence-electron chi connectivity index (χ2n) is 6.51. The van der Waals surface area contributed by atoms with Crippen LogP contribution in [0.25, 0.3) is 0 Å². The van der Waals surface area contributed by atoms with Crippen molar-refractivity contribution in [3.8, 4) is 0 Å². The Morgan fingerprint density at radius 3 is 2.79 bits per heavy atom. The molecule has 7 nitrogen and oxygen atoms in total.